The van der Waals surface area contributed by atoms with Crippen LogP contribution in [0.4, 0.5) is 0 Å². The van der Waals surface area contributed by atoms with E-state index in [1.54, 1.807) is 0 Å². The van der Waals surface area contributed by atoms with Gasteiger partial charge in [-0.3, -0.25) is 0 Å². The topological polar surface area (TPSA) is 0 Å². The molecule has 0 unspecified atom stereocenters. The fourth-order valence-electron chi connectivity index (χ4n) is 8.73. The average Bonchev–Trinajstić information content (AvgIpc) is 3.30. The summed E-state index contributed by atoms with van der Waals surface area (Å²) in [6, 6.07) is 84.5. The molecule has 0 atom stereocenters. The Morgan fingerprint density at radius 1 is 0.155 bits per heavy atom. The summed E-state index contributed by atoms with van der Waals surface area (Å²) >= 11 is 0. The van der Waals surface area contributed by atoms with Gasteiger partial charge in [-0.1, -0.05) is 194 Å². The maximum absolute atomic E-state index is 2.34. The summed E-state index contributed by atoms with van der Waals surface area (Å²) < 4.78 is 0. The van der Waals surface area contributed by atoms with E-state index in [2.05, 4.69) is 231 Å². The molecule has 11 aromatic carbocycles. The molecule has 0 saturated carbocycles. The van der Waals surface area contributed by atoms with E-state index in [0.717, 1.165) is 0 Å². The lowest BCUT2D eigenvalue weighted by molar-refractivity contribution is 1.61. The summed E-state index contributed by atoms with van der Waals surface area (Å²) in [5, 5.41) is 10.0. The van der Waals surface area contributed by atoms with Crippen molar-refractivity contribution in [3.05, 3.63) is 231 Å². The largest absolute Gasteiger partial charge is 0.0622 e. The fraction of sp³-hybridized carbons (Fsp3) is 0. The van der Waals surface area contributed by atoms with Crippen LogP contribution in [0.3, 0.4) is 0 Å². The fourth-order valence-corrected chi connectivity index (χ4v) is 8.73. The van der Waals surface area contributed by atoms with E-state index in [9.17, 15) is 0 Å². The van der Waals surface area contributed by atoms with E-state index in [4.69, 9.17) is 0 Å². The Bertz CT molecular complexity index is 3320. The molecular formula is C58H38. The summed E-state index contributed by atoms with van der Waals surface area (Å²) in [4.78, 5) is 0. The molecule has 0 aliphatic rings. The highest BCUT2D eigenvalue weighted by atomic mass is 14.2. The molecule has 58 heavy (non-hydrogen) atoms. The summed E-state index contributed by atoms with van der Waals surface area (Å²) in [7, 11) is 0. The zero-order valence-electron chi connectivity index (χ0n) is 31.9. The quantitative estimate of drug-likeness (QED) is 0.160. The smallest absolute Gasteiger partial charge is 0.00992 e. The van der Waals surface area contributed by atoms with Crippen LogP contribution in [0.1, 0.15) is 0 Å². The Kier molecular flexibility index (Phi) is 8.26. The van der Waals surface area contributed by atoms with Crippen molar-refractivity contribution in [3.8, 4) is 66.8 Å². The Morgan fingerprint density at radius 3 is 1.05 bits per heavy atom. The van der Waals surface area contributed by atoms with Crippen molar-refractivity contribution in [2.45, 2.75) is 0 Å². The maximum Gasteiger partial charge on any atom is -0.00992 e. The lowest BCUT2D eigenvalue weighted by Gasteiger charge is -2.13. The van der Waals surface area contributed by atoms with Gasteiger partial charge in [-0.15, -0.1) is 0 Å². The molecule has 270 valence electrons. The van der Waals surface area contributed by atoms with Crippen LogP contribution in [-0.2, 0) is 0 Å². The Labute approximate surface area is 339 Å². The minimum Gasteiger partial charge on any atom is -0.0622 e. The highest BCUT2D eigenvalue weighted by Crippen LogP contribution is 2.38. The van der Waals surface area contributed by atoms with Gasteiger partial charge in [0.05, 0.1) is 0 Å². The molecule has 0 bridgehead atoms. The van der Waals surface area contributed by atoms with Gasteiger partial charge in [-0.05, 0) is 146 Å². The molecule has 0 N–H and O–H groups in total. The van der Waals surface area contributed by atoms with Gasteiger partial charge in [-0.2, -0.15) is 0 Å². The van der Waals surface area contributed by atoms with Crippen molar-refractivity contribution in [1.29, 1.82) is 0 Å². The standard InChI is InChI=1S/C58H38/c1-2-9-39(10-3-1)46-25-27-51-36-47(26-28-50(51)35-46)41-19-22-42(23-20-41)55-15-7-18-58-56(16-8-17-57(55)58)54-32-31-52-37-49(29-30-53(52)38-54)45-14-6-13-44(34-45)48-24-21-40-11-4-5-12-43(40)33-48/h1-38H. The lowest BCUT2D eigenvalue weighted by atomic mass is 9.91. The van der Waals surface area contributed by atoms with Gasteiger partial charge >= 0.3 is 0 Å². The third-order valence-corrected chi connectivity index (χ3v) is 11.8. The average molecular weight is 735 g/mol. The third kappa shape index (κ3) is 6.22. The molecule has 0 aliphatic heterocycles. The van der Waals surface area contributed by atoms with Gasteiger partial charge in [0, 0.05) is 0 Å². The monoisotopic (exact) mass is 734 g/mol. The maximum atomic E-state index is 2.34. The zero-order valence-corrected chi connectivity index (χ0v) is 31.9. The van der Waals surface area contributed by atoms with Crippen LogP contribution in [0.15, 0.2) is 231 Å². The number of hydrogen-bond donors (Lipinski definition) is 0. The molecule has 11 aromatic rings. The molecular weight excluding hydrogens is 697 g/mol. The number of hydrogen-bond acceptors (Lipinski definition) is 0. The first-order chi connectivity index (χ1) is 28.7. The molecule has 0 heterocycles. The van der Waals surface area contributed by atoms with Crippen LogP contribution in [-0.4, -0.2) is 0 Å². The Balaban J connectivity index is 0.873. The van der Waals surface area contributed by atoms with Crippen molar-refractivity contribution >= 4 is 43.1 Å². The van der Waals surface area contributed by atoms with Gasteiger partial charge < -0.3 is 0 Å². The van der Waals surface area contributed by atoms with E-state index in [1.807, 2.05) is 0 Å². The zero-order chi connectivity index (χ0) is 38.4. The number of fused-ring (bicyclic) bond motifs is 4. The van der Waals surface area contributed by atoms with Gasteiger partial charge in [-0.25, -0.2) is 0 Å². The third-order valence-electron chi connectivity index (χ3n) is 11.8. The van der Waals surface area contributed by atoms with E-state index in [0.29, 0.717) is 0 Å². The Morgan fingerprint density at radius 2 is 0.483 bits per heavy atom. The van der Waals surface area contributed by atoms with Crippen LogP contribution in [0.5, 0.6) is 0 Å². The molecule has 0 saturated heterocycles. The van der Waals surface area contributed by atoms with E-state index in [1.165, 1.54) is 110 Å². The molecule has 0 nitrogen and oxygen atoms in total. The van der Waals surface area contributed by atoms with Crippen molar-refractivity contribution in [3.63, 3.8) is 0 Å². The second-order valence-corrected chi connectivity index (χ2v) is 15.3. The molecule has 0 radical (unpaired) electrons. The van der Waals surface area contributed by atoms with Crippen LogP contribution in [0.2, 0.25) is 0 Å². The van der Waals surface area contributed by atoms with Crippen LogP contribution in [0, 0.1) is 0 Å². The van der Waals surface area contributed by atoms with Crippen molar-refractivity contribution < 1.29 is 0 Å². The van der Waals surface area contributed by atoms with Gasteiger partial charge in [0.25, 0.3) is 0 Å². The first-order valence-corrected chi connectivity index (χ1v) is 20.1. The summed E-state index contributed by atoms with van der Waals surface area (Å²) in [5.74, 6) is 0. The normalized spacial score (nSPS) is 11.4. The minimum absolute atomic E-state index is 1.22. The van der Waals surface area contributed by atoms with E-state index >= 15 is 0 Å². The van der Waals surface area contributed by atoms with E-state index in [-0.39, 0.29) is 0 Å². The molecule has 0 spiro atoms. The van der Waals surface area contributed by atoms with Gasteiger partial charge in [0.1, 0.15) is 0 Å². The molecule has 0 aliphatic carbocycles. The number of benzene rings is 11. The van der Waals surface area contributed by atoms with Crippen molar-refractivity contribution in [2.75, 3.05) is 0 Å². The van der Waals surface area contributed by atoms with Crippen molar-refractivity contribution in [1.82, 2.24) is 0 Å². The highest BCUT2D eigenvalue weighted by Gasteiger charge is 2.11. The summed E-state index contributed by atoms with van der Waals surface area (Å²) in [6.07, 6.45) is 0. The lowest BCUT2D eigenvalue weighted by Crippen LogP contribution is -1.87. The van der Waals surface area contributed by atoms with E-state index < -0.39 is 0 Å². The predicted molar refractivity (Wildman–Crippen MR) is 249 cm³/mol. The Hall–Kier alpha value is -7.54. The molecule has 11 rings (SSSR count). The summed E-state index contributed by atoms with van der Waals surface area (Å²) in [6.45, 7) is 0. The van der Waals surface area contributed by atoms with Gasteiger partial charge in [0.2, 0.25) is 0 Å². The molecule has 0 amide bonds. The van der Waals surface area contributed by atoms with Crippen molar-refractivity contribution in [2.24, 2.45) is 0 Å². The molecule has 0 fully saturated rings. The SMILES string of the molecule is c1ccc(-c2ccc3cc(-c4ccc(-c5cccc6c(-c7ccc8cc(-c9cccc(-c%10ccc%11ccccc%11c%10)c9)ccc8c7)cccc56)cc4)ccc3c2)cc1. The second-order valence-electron chi connectivity index (χ2n) is 15.3. The first-order valence-electron chi connectivity index (χ1n) is 20.1. The van der Waals surface area contributed by atoms with Crippen LogP contribution < -0.4 is 0 Å². The number of rotatable bonds is 6. The predicted octanol–water partition coefficient (Wildman–Crippen LogP) is 16.3. The first kappa shape index (κ1) is 33.8. The molecule has 0 heteroatoms. The molecule has 0 aromatic heterocycles. The van der Waals surface area contributed by atoms with Gasteiger partial charge in [0.15, 0.2) is 0 Å². The van der Waals surface area contributed by atoms with Crippen LogP contribution in [0.25, 0.3) is 110 Å². The highest BCUT2D eigenvalue weighted by molar-refractivity contribution is 6.06. The minimum atomic E-state index is 1.22. The van der Waals surface area contributed by atoms with Crippen LogP contribution >= 0.6 is 0 Å². The summed E-state index contributed by atoms with van der Waals surface area (Å²) in [5.41, 5.74) is 14.8. The second kappa shape index (κ2) is 14.2.